The van der Waals surface area contributed by atoms with Crippen molar-refractivity contribution < 1.29 is 14.0 Å². The lowest BCUT2D eigenvalue weighted by molar-refractivity contribution is -0.139. The van der Waals surface area contributed by atoms with Crippen molar-refractivity contribution in [3.05, 3.63) is 24.2 Å². The molecule has 1 N–H and O–H groups in total. The van der Waals surface area contributed by atoms with Crippen LogP contribution in [-0.4, -0.2) is 40.9 Å². The normalized spacial score (nSPS) is 18.5. The minimum atomic E-state index is -0.351. The lowest BCUT2D eigenvalue weighted by Gasteiger charge is -2.26. The van der Waals surface area contributed by atoms with E-state index >= 15 is 0 Å². The Kier molecular flexibility index (Phi) is 5.56. The Balaban J connectivity index is 1.84. The van der Waals surface area contributed by atoms with E-state index in [2.05, 4.69) is 5.32 Å². The second-order valence-corrected chi connectivity index (χ2v) is 7.74. The lowest BCUT2D eigenvalue weighted by Crippen LogP contribution is -2.48. The Morgan fingerprint density at radius 2 is 2.23 bits per heavy atom. The van der Waals surface area contributed by atoms with Crippen molar-refractivity contribution in [3.63, 3.8) is 0 Å². The molecule has 2 rings (SSSR count). The number of amides is 2. The van der Waals surface area contributed by atoms with Gasteiger partial charge in [0, 0.05) is 25.1 Å². The Labute approximate surface area is 135 Å². The fourth-order valence-corrected chi connectivity index (χ4v) is 3.52. The number of carbonyl (C=O) groups is 2. The summed E-state index contributed by atoms with van der Waals surface area (Å²) < 4.78 is 5.24. The highest BCUT2D eigenvalue weighted by atomic mass is 32.2. The standard InChI is InChI=1S/C16H24N2O3S/c1-16(2,3)9-14(19)18-11-22-10-13(18)15(20)17-7-6-12-5-4-8-21-12/h4-5,8,13H,6-7,9-11H2,1-3H3,(H,17,20). The van der Waals surface area contributed by atoms with Gasteiger partial charge < -0.3 is 14.6 Å². The summed E-state index contributed by atoms with van der Waals surface area (Å²) in [6.07, 6.45) is 2.75. The Morgan fingerprint density at radius 1 is 1.45 bits per heavy atom. The number of hydrogen-bond acceptors (Lipinski definition) is 4. The van der Waals surface area contributed by atoms with Gasteiger partial charge in [0.1, 0.15) is 11.8 Å². The number of rotatable bonds is 5. The van der Waals surface area contributed by atoms with Crippen LogP contribution in [0.2, 0.25) is 0 Å². The highest BCUT2D eigenvalue weighted by Gasteiger charge is 2.35. The number of hydrogen-bond donors (Lipinski definition) is 1. The molecule has 0 aromatic carbocycles. The predicted molar refractivity (Wildman–Crippen MR) is 87.5 cm³/mol. The van der Waals surface area contributed by atoms with Crippen LogP contribution in [0.3, 0.4) is 0 Å². The third-order valence-corrected chi connectivity index (χ3v) is 4.45. The van der Waals surface area contributed by atoms with Gasteiger partial charge in [-0.25, -0.2) is 0 Å². The van der Waals surface area contributed by atoms with Crippen molar-refractivity contribution in [2.24, 2.45) is 5.41 Å². The highest BCUT2D eigenvalue weighted by Crippen LogP contribution is 2.26. The molecule has 0 saturated carbocycles. The average Bonchev–Trinajstić information content (AvgIpc) is 3.07. The maximum absolute atomic E-state index is 12.4. The number of nitrogens with one attached hydrogen (secondary N) is 1. The van der Waals surface area contributed by atoms with Crippen LogP contribution in [-0.2, 0) is 16.0 Å². The zero-order valence-electron chi connectivity index (χ0n) is 13.4. The SMILES string of the molecule is CC(C)(C)CC(=O)N1CSCC1C(=O)NCCc1ccco1. The van der Waals surface area contributed by atoms with Gasteiger partial charge in [0.2, 0.25) is 11.8 Å². The van der Waals surface area contributed by atoms with Gasteiger partial charge >= 0.3 is 0 Å². The van der Waals surface area contributed by atoms with Gasteiger partial charge in [0.05, 0.1) is 12.1 Å². The Bertz CT molecular complexity index is 508. The quantitative estimate of drug-likeness (QED) is 0.902. The third-order valence-electron chi connectivity index (χ3n) is 3.44. The molecule has 0 bridgehead atoms. The summed E-state index contributed by atoms with van der Waals surface area (Å²) in [4.78, 5) is 26.4. The van der Waals surface area contributed by atoms with Crippen LogP contribution < -0.4 is 5.32 Å². The van der Waals surface area contributed by atoms with Crippen LogP contribution in [0.1, 0.15) is 33.0 Å². The molecule has 0 spiro atoms. The van der Waals surface area contributed by atoms with E-state index in [1.807, 2.05) is 32.9 Å². The summed E-state index contributed by atoms with van der Waals surface area (Å²) in [7, 11) is 0. The fourth-order valence-electron chi connectivity index (χ4n) is 2.34. The molecule has 1 saturated heterocycles. The van der Waals surface area contributed by atoms with Crippen LogP contribution in [0.15, 0.2) is 22.8 Å². The second-order valence-electron chi connectivity index (χ2n) is 6.74. The largest absolute Gasteiger partial charge is 0.469 e. The predicted octanol–water partition coefficient (Wildman–Crippen LogP) is 2.28. The molecule has 5 nitrogen and oxygen atoms in total. The van der Waals surface area contributed by atoms with Crippen LogP contribution in [0.25, 0.3) is 0 Å². The van der Waals surface area contributed by atoms with Crippen LogP contribution in [0, 0.1) is 5.41 Å². The van der Waals surface area contributed by atoms with Crippen molar-refractivity contribution in [2.45, 2.75) is 39.7 Å². The van der Waals surface area contributed by atoms with Crippen LogP contribution >= 0.6 is 11.8 Å². The molecule has 1 aromatic heterocycles. The molecule has 2 heterocycles. The van der Waals surface area contributed by atoms with Crippen molar-refractivity contribution in [1.82, 2.24) is 10.2 Å². The molecule has 1 aromatic rings. The minimum Gasteiger partial charge on any atom is -0.469 e. The monoisotopic (exact) mass is 324 g/mol. The fraction of sp³-hybridized carbons (Fsp3) is 0.625. The summed E-state index contributed by atoms with van der Waals surface area (Å²) in [5.41, 5.74) is -0.0648. The molecule has 1 aliphatic heterocycles. The van der Waals surface area contributed by atoms with E-state index in [9.17, 15) is 9.59 Å². The molecule has 1 aliphatic rings. The van der Waals surface area contributed by atoms with E-state index in [0.29, 0.717) is 31.0 Å². The van der Waals surface area contributed by atoms with E-state index in [1.165, 1.54) is 0 Å². The van der Waals surface area contributed by atoms with E-state index in [1.54, 1.807) is 22.9 Å². The van der Waals surface area contributed by atoms with Gasteiger partial charge in [-0.3, -0.25) is 9.59 Å². The second kappa shape index (κ2) is 7.22. The third kappa shape index (κ3) is 4.80. The van der Waals surface area contributed by atoms with Crippen molar-refractivity contribution in [3.8, 4) is 0 Å². The van der Waals surface area contributed by atoms with Gasteiger partial charge in [0.15, 0.2) is 0 Å². The zero-order chi connectivity index (χ0) is 16.2. The first kappa shape index (κ1) is 16.9. The van der Waals surface area contributed by atoms with Gasteiger partial charge in [0.25, 0.3) is 0 Å². The summed E-state index contributed by atoms with van der Waals surface area (Å²) in [6, 6.07) is 3.37. The highest BCUT2D eigenvalue weighted by molar-refractivity contribution is 7.99. The Morgan fingerprint density at radius 3 is 2.86 bits per heavy atom. The number of furan rings is 1. The van der Waals surface area contributed by atoms with E-state index in [4.69, 9.17) is 4.42 Å². The maximum atomic E-state index is 12.4. The first-order valence-electron chi connectivity index (χ1n) is 7.54. The molecule has 1 atom stereocenters. The summed E-state index contributed by atoms with van der Waals surface area (Å²) in [5, 5.41) is 2.90. The molecule has 1 unspecified atom stereocenters. The minimum absolute atomic E-state index is 0.0590. The summed E-state index contributed by atoms with van der Waals surface area (Å²) in [5.74, 6) is 2.11. The van der Waals surface area contributed by atoms with Gasteiger partial charge in [-0.2, -0.15) is 0 Å². The number of carbonyl (C=O) groups excluding carboxylic acids is 2. The average molecular weight is 324 g/mol. The first-order valence-corrected chi connectivity index (χ1v) is 8.69. The summed E-state index contributed by atoms with van der Waals surface area (Å²) >= 11 is 1.63. The molecule has 122 valence electrons. The van der Waals surface area contributed by atoms with Crippen molar-refractivity contribution in [1.29, 1.82) is 0 Å². The molecule has 2 amide bonds. The number of nitrogens with zero attached hydrogens (tertiary/aromatic N) is 1. The van der Waals surface area contributed by atoms with Gasteiger partial charge in [-0.1, -0.05) is 20.8 Å². The van der Waals surface area contributed by atoms with Gasteiger partial charge in [-0.15, -0.1) is 11.8 Å². The zero-order valence-corrected chi connectivity index (χ0v) is 14.2. The van der Waals surface area contributed by atoms with Crippen LogP contribution in [0.5, 0.6) is 0 Å². The number of thioether (sulfide) groups is 1. The molecule has 6 heteroatoms. The van der Waals surface area contributed by atoms with E-state index in [-0.39, 0.29) is 23.3 Å². The van der Waals surface area contributed by atoms with Crippen molar-refractivity contribution in [2.75, 3.05) is 18.2 Å². The topological polar surface area (TPSA) is 62.6 Å². The molecule has 0 aliphatic carbocycles. The molecule has 1 fully saturated rings. The molecular formula is C16H24N2O3S. The summed E-state index contributed by atoms with van der Waals surface area (Å²) in [6.45, 7) is 6.63. The molecule has 22 heavy (non-hydrogen) atoms. The van der Waals surface area contributed by atoms with Crippen LogP contribution in [0.4, 0.5) is 0 Å². The lowest BCUT2D eigenvalue weighted by atomic mass is 9.91. The Hall–Kier alpha value is -1.43. The maximum Gasteiger partial charge on any atom is 0.243 e. The smallest absolute Gasteiger partial charge is 0.243 e. The molecular weight excluding hydrogens is 300 g/mol. The molecule has 0 radical (unpaired) electrons. The first-order chi connectivity index (χ1) is 10.4. The van der Waals surface area contributed by atoms with E-state index < -0.39 is 0 Å². The van der Waals surface area contributed by atoms with Crippen molar-refractivity contribution >= 4 is 23.6 Å². The van der Waals surface area contributed by atoms with E-state index in [0.717, 1.165) is 5.76 Å². The van der Waals surface area contributed by atoms with Gasteiger partial charge in [-0.05, 0) is 17.5 Å².